The quantitative estimate of drug-likeness (QED) is 0.639. The number of nitrogens with zero attached hydrogens (tertiary/aromatic N) is 1. The molecule has 0 aromatic heterocycles. The summed E-state index contributed by atoms with van der Waals surface area (Å²) in [5, 5.41) is -3.19. The molecule has 0 aromatic rings. The SMILES string of the molecule is O=S=P(F)(Cl)N=P(Cl)(Cl)Cl. The van der Waals surface area contributed by atoms with E-state index >= 15 is 0 Å². The van der Waals surface area contributed by atoms with E-state index in [0.717, 1.165) is 0 Å². The maximum atomic E-state index is 12.5. The molecule has 0 N–H and O–H groups in total. The topological polar surface area (TPSA) is 29.4 Å². The number of rotatable bonds is 1. The molecule has 0 saturated heterocycles. The zero-order valence-electron chi connectivity index (χ0n) is 4.05. The minimum atomic E-state index is -3.93. The van der Waals surface area contributed by atoms with Crippen molar-refractivity contribution in [3.05, 3.63) is 0 Å². The zero-order valence-corrected chi connectivity index (χ0v) is 9.68. The molecule has 10 heavy (non-hydrogen) atoms. The first-order valence-electron chi connectivity index (χ1n) is 1.59. The Bertz CT molecular complexity index is 238. The molecule has 0 fully saturated rings. The fourth-order valence-electron chi connectivity index (χ4n) is 0.133. The van der Waals surface area contributed by atoms with Gasteiger partial charge in [-0.25, -0.2) is 4.21 Å². The van der Waals surface area contributed by atoms with E-state index in [0.29, 0.717) is 0 Å². The summed E-state index contributed by atoms with van der Waals surface area (Å²) in [4.78, 5) is 0. The third kappa shape index (κ3) is 6.48. The van der Waals surface area contributed by atoms with Gasteiger partial charge in [0.05, 0.1) is 0 Å². The molecule has 2 nitrogen and oxygen atoms in total. The van der Waals surface area contributed by atoms with Crippen molar-refractivity contribution in [3.8, 4) is 0 Å². The maximum Gasteiger partial charge on any atom is 0.335 e. The van der Waals surface area contributed by atoms with Gasteiger partial charge in [-0.2, -0.15) is 8.71 Å². The standard InChI is InChI=1S/Cl4FNOP2S/c1-8(2,3)6-9(4,5)10-7. The van der Waals surface area contributed by atoms with Gasteiger partial charge in [-0.1, -0.05) is 0 Å². The number of hydrogen-bond acceptors (Lipinski definition) is 1. The van der Waals surface area contributed by atoms with Crippen molar-refractivity contribution >= 4 is 66.8 Å². The smallest absolute Gasteiger partial charge is 0.207 e. The Morgan fingerprint density at radius 2 is 1.70 bits per heavy atom. The summed E-state index contributed by atoms with van der Waals surface area (Å²) in [6, 6.07) is 0. The molecule has 0 saturated carbocycles. The Kier molecular flexibility index (Phi) is 4.87. The minimum absolute atomic E-state index is 0.478. The van der Waals surface area contributed by atoms with Gasteiger partial charge >= 0.3 is 5.85 Å². The van der Waals surface area contributed by atoms with E-state index in [-0.39, 0.29) is 0 Å². The van der Waals surface area contributed by atoms with E-state index in [2.05, 4.69) is 4.52 Å². The largest absolute Gasteiger partial charge is 0.335 e. The first-order chi connectivity index (χ1) is 4.27. The zero-order chi connectivity index (χ0) is 8.41. The van der Waals surface area contributed by atoms with E-state index in [9.17, 15) is 8.41 Å². The highest BCUT2D eigenvalue weighted by Crippen LogP contribution is 2.74. The first-order valence-corrected chi connectivity index (χ1v) is 9.94. The number of hydrogen-bond donors (Lipinski definition) is 0. The van der Waals surface area contributed by atoms with Gasteiger partial charge in [-0.05, 0) is 45.0 Å². The predicted molar refractivity (Wildman–Crippen MR) is 48.9 cm³/mol. The van der Waals surface area contributed by atoms with Crippen LogP contribution in [-0.2, 0) is 10.8 Å². The predicted octanol–water partition coefficient (Wildman–Crippen LogP) is 4.75. The van der Waals surface area contributed by atoms with Crippen LogP contribution in [0.25, 0.3) is 0 Å². The van der Waals surface area contributed by atoms with Gasteiger partial charge in [0.1, 0.15) is 0 Å². The van der Waals surface area contributed by atoms with E-state index < -0.39 is 21.8 Å². The lowest BCUT2D eigenvalue weighted by Crippen LogP contribution is -1.48. The molecule has 0 rings (SSSR count). The lowest BCUT2D eigenvalue weighted by atomic mass is 13.9. The second kappa shape index (κ2) is 4.13. The molecule has 0 bridgehead atoms. The number of halogens is 5. The molecule has 1 atom stereocenters. The molecule has 0 heterocycles. The monoisotopic (exact) mass is 283 g/mol. The van der Waals surface area contributed by atoms with Crippen molar-refractivity contribution in [2.75, 3.05) is 0 Å². The van der Waals surface area contributed by atoms with E-state index in [1.807, 2.05) is 0 Å². The van der Waals surface area contributed by atoms with Gasteiger partial charge in [0.25, 0.3) is 0 Å². The summed E-state index contributed by atoms with van der Waals surface area (Å²) in [7, 11) is -0.478. The second-order valence-electron chi connectivity index (χ2n) is 1.02. The van der Waals surface area contributed by atoms with Crippen molar-refractivity contribution in [3.63, 3.8) is 0 Å². The lowest BCUT2D eigenvalue weighted by Gasteiger charge is -1.97. The fourth-order valence-corrected chi connectivity index (χ4v) is 7.90. The van der Waals surface area contributed by atoms with E-state index in [1.165, 1.54) is 0 Å². The highest BCUT2D eigenvalue weighted by molar-refractivity contribution is 8.33. The third-order valence-corrected chi connectivity index (χ3v) is 6.26. The van der Waals surface area contributed by atoms with E-state index in [4.69, 9.17) is 45.0 Å². The molecule has 0 spiro atoms. The molecule has 0 radical (unpaired) electrons. The van der Waals surface area contributed by atoms with Crippen molar-refractivity contribution in [1.82, 2.24) is 0 Å². The second-order valence-corrected chi connectivity index (χ2v) is 13.4. The summed E-state index contributed by atoms with van der Waals surface area (Å²) in [5.74, 6) is -3.93. The highest BCUT2D eigenvalue weighted by atomic mass is 36.0. The molecular formula is Cl4FNOP2S. The van der Waals surface area contributed by atoms with Crippen LogP contribution in [0.4, 0.5) is 4.20 Å². The molecule has 62 valence electrons. The fraction of sp³-hybridized carbons (Fsp3) is 0. The molecule has 0 aliphatic carbocycles. The summed E-state index contributed by atoms with van der Waals surface area (Å²) in [5.41, 5.74) is 0. The van der Waals surface area contributed by atoms with Crippen molar-refractivity contribution in [2.24, 2.45) is 4.52 Å². The molecule has 0 aliphatic heterocycles. The van der Waals surface area contributed by atoms with Crippen LogP contribution in [0.3, 0.4) is 0 Å². The molecule has 10 heteroatoms. The van der Waals surface area contributed by atoms with Gasteiger partial charge in [0.15, 0.2) is 10.8 Å². The van der Waals surface area contributed by atoms with Gasteiger partial charge in [-0.3, -0.25) is 0 Å². The molecule has 1 unspecified atom stereocenters. The minimum Gasteiger partial charge on any atom is -0.207 e. The Balaban J connectivity index is 4.95. The van der Waals surface area contributed by atoms with Gasteiger partial charge in [0, 0.05) is 0 Å². The van der Waals surface area contributed by atoms with Gasteiger partial charge < -0.3 is 0 Å². The molecular weight excluding hydrogens is 285 g/mol. The summed E-state index contributed by atoms with van der Waals surface area (Å²) < 4.78 is 25.2. The Morgan fingerprint density at radius 1 is 1.30 bits per heavy atom. The van der Waals surface area contributed by atoms with Crippen molar-refractivity contribution in [1.29, 1.82) is 0 Å². The van der Waals surface area contributed by atoms with Crippen LogP contribution >= 0.6 is 55.9 Å². The van der Waals surface area contributed by atoms with Crippen LogP contribution in [-0.4, -0.2) is 4.21 Å². The summed E-state index contributed by atoms with van der Waals surface area (Å²) in [6.45, 7) is 0. The first kappa shape index (κ1) is 11.8. The van der Waals surface area contributed by atoms with Crippen LogP contribution < -0.4 is 0 Å². The maximum absolute atomic E-state index is 12.5. The summed E-state index contributed by atoms with van der Waals surface area (Å²) >= 11 is 20.3. The summed E-state index contributed by atoms with van der Waals surface area (Å²) in [6.07, 6.45) is 0. The van der Waals surface area contributed by atoms with Gasteiger partial charge in [-0.15, -0.1) is 0 Å². The van der Waals surface area contributed by atoms with Crippen molar-refractivity contribution < 1.29 is 8.41 Å². The molecule has 0 aromatic carbocycles. The molecule has 0 amide bonds. The lowest BCUT2D eigenvalue weighted by molar-refractivity contribution is 0.700. The average molecular weight is 285 g/mol. The average Bonchev–Trinajstić information content (AvgIpc) is 1.60. The van der Waals surface area contributed by atoms with Gasteiger partial charge in [0.2, 0.25) is 5.11 Å². The van der Waals surface area contributed by atoms with Crippen molar-refractivity contribution in [2.45, 2.75) is 0 Å². The van der Waals surface area contributed by atoms with E-state index in [1.54, 1.807) is 0 Å². The highest BCUT2D eigenvalue weighted by Gasteiger charge is 2.17. The van der Waals surface area contributed by atoms with Crippen LogP contribution in [0, 0.1) is 0 Å². The normalized spacial score (nSPS) is 17.7. The Morgan fingerprint density at radius 3 is 1.80 bits per heavy atom. The molecule has 0 aliphatic rings. The van der Waals surface area contributed by atoms with Crippen LogP contribution in [0.5, 0.6) is 0 Å². The van der Waals surface area contributed by atoms with Crippen LogP contribution in [0.1, 0.15) is 0 Å². The third-order valence-electron chi connectivity index (χ3n) is 0.295. The Hall–Kier alpha value is 1.77. The Labute approximate surface area is 79.5 Å². The van der Waals surface area contributed by atoms with Crippen LogP contribution in [0.15, 0.2) is 4.52 Å². The van der Waals surface area contributed by atoms with Crippen LogP contribution in [0.2, 0.25) is 0 Å².